The van der Waals surface area contributed by atoms with Gasteiger partial charge in [0.05, 0.1) is 19.9 Å². The van der Waals surface area contributed by atoms with Crippen LogP contribution in [0, 0.1) is 6.92 Å². The van der Waals surface area contributed by atoms with Crippen molar-refractivity contribution in [2.45, 2.75) is 25.8 Å². The minimum absolute atomic E-state index is 0.122. The number of carbonyl (C=O) groups is 1. The zero-order valence-electron chi connectivity index (χ0n) is 23.1. The molecule has 0 spiro atoms. The molecular formula is C31H34N4O5. The summed E-state index contributed by atoms with van der Waals surface area (Å²) in [5.41, 5.74) is 5.09. The van der Waals surface area contributed by atoms with Crippen LogP contribution < -0.4 is 18.9 Å². The second kappa shape index (κ2) is 11.1. The molecule has 2 aromatic heterocycles. The van der Waals surface area contributed by atoms with Crippen molar-refractivity contribution < 1.29 is 23.7 Å². The lowest BCUT2D eigenvalue weighted by molar-refractivity contribution is -0.133. The van der Waals surface area contributed by atoms with E-state index in [9.17, 15) is 4.79 Å². The number of ether oxygens (including phenoxy) is 4. The molecule has 2 aliphatic heterocycles. The number of pyridine rings is 1. The Kier molecular flexibility index (Phi) is 7.21. The van der Waals surface area contributed by atoms with Crippen LogP contribution in [0.2, 0.25) is 0 Å². The van der Waals surface area contributed by atoms with Gasteiger partial charge in [0, 0.05) is 63.5 Å². The lowest BCUT2D eigenvalue weighted by atomic mass is 9.91. The van der Waals surface area contributed by atoms with Crippen LogP contribution >= 0.6 is 0 Å². The molecule has 6 rings (SSSR count). The highest BCUT2D eigenvalue weighted by molar-refractivity contribution is 5.78. The van der Waals surface area contributed by atoms with Crippen molar-refractivity contribution in [2.75, 3.05) is 47.2 Å². The maximum absolute atomic E-state index is 13.8. The summed E-state index contributed by atoms with van der Waals surface area (Å²) in [7, 11) is 3.28. The van der Waals surface area contributed by atoms with Crippen LogP contribution in [-0.2, 0) is 11.3 Å². The number of aromatic nitrogens is 2. The highest BCUT2D eigenvalue weighted by Crippen LogP contribution is 2.35. The second-order valence-corrected chi connectivity index (χ2v) is 10.4. The van der Waals surface area contributed by atoms with Crippen molar-refractivity contribution >= 4 is 11.6 Å². The molecule has 9 nitrogen and oxygen atoms in total. The van der Waals surface area contributed by atoms with Crippen molar-refractivity contribution in [3.63, 3.8) is 0 Å². The highest BCUT2D eigenvalue weighted by Gasteiger charge is 2.28. The van der Waals surface area contributed by atoms with Gasteiger partial charge < -0.3 is 28.2 Å². The van der Waals surface area contributed by atoms with Crippen molar-refractivity contribution in [2.24, 2.45) is 0 Å². The largest absolute Gasteiger partial charge is 0.497 e. The van der Waals surface area contributed by atoms with Crippen molar-refractivity contribution in [1.82, 2.24) is 19.2 Å². The molecule has 1 amide bonds. The summed E-state index contributed by atoms with van der Waals surface area (Å²) in [6.45, 7) is 6.13. The van der Waals surface area contributed by atoms with Gasteiger partial charge in [0.2, 0.25) is 12.7 Å². The summed E-state index contributed by atoms with van der Waals surface area (Å²) in [6, 6.07) is 16.0. The van der Waals surface area contributed by atoms with E-state index in [4.69, 9.17) is 18.9 Å². The predicted molar refractivity (Wildman–Crippen MR) is 150 cm³/mol. The average Bonchev–Trinajstić information content (AvgIpc) is 3.62. The number of hydrogen-bond acceptors (Lipinski definition) is 7. The summed E-state index contributed by atoms with van der Waals surface area (Å²) in [5, 5.41) is 0. The Morgan fingerprint density at radius 1 is 0.950 bits per heavy atom. The number of hydrogen-bond donors (Lipinski definition) is 0. The fraction of sp³-hybridized carbons (Fsp3) is 0.355. The number of nitrogens with zero attached hydrogens (tertiary/aromatic N) is 4. The smallest absolute Gasteiger partial charge is 0.231 e. The van der Waals surface area contributed by atoms with Crippen LogP contribution in [0.5, 0.6) is 23.0 Å². The number of methoxy groups -OCH3 is 2. The monoisotopic (exact) mass is 542 g/mol. The van der Waals surface area contributed by atoms with Gasteiger partial charge in [-0.3, -0.25) is 9.69 Å². The number of carbonyl (C=O) groups excluding carboxylic acids is 1. The second-order valence-electron chi connectivity index (χ2n) is 10.4. The minimum Gasteiger partial charge on any atom is -0.497 e. The van der Waals surface area contributed by atoms with Crippen molar-refractivity contribution in [3.8, 4) is 23.0 Å². The maximum Gasteiger partial charge on any atom is 0.231 e. The molecule has 1 unspecified atom stereocenters. The molecule has 40 heavy (non-hydrogen) atoms. The number of imidazole rings is 1. The molecule has 0 bridgehead atoms. The average molecular weight is 543 g/mol. The van der Waals surface area contributed by atoms with E-state index in [2.05, 4.69) is 33.3 Å². The Bertz CT molecular complexity index is 1500. The summed E-state index contributed by atoms with van der Waals surface area (Å²) in [6.07, 6.45) is 4.22. The number of amides is 1. The van der Waals surface area contributed by atoms with E-state index in [1.165, 1.54) is 5.56 Å². The molecule has 4 aromatic rings. The molecule has 2 aliphatic rings. The quantitative estimate of drug-likeness (QED) is 0.329. The molecule has 0 radical (unpaired) electrons. The van der Waals surface area contributed by atoms with Gasteiger partial charge in [-0.25, -0.2) is 4.98 Å². The third-order valence-electron chi connectivity index (χ3n) is 7.78. The lowest BCUT2D eigenvalue weighted by Gasteiger charge is -2.35. The zero-order chi connectivity index (χ0) is 27.6. The van der Waals surface area contributed by atoms with E-state index >= 15 is 0 Å². The van der Waals surface area contributed by atoms with Gasteiger partial charge in [-0.1, -0.05) is 6.07 Å². The van der Waals surface area contributed by atoms with Crippen molar-refractivity contribution in [3.05, 3.63) is 83.3 Å². The standard InChI is InChI=1S/C31H34N4O5/c1-21-6-7-35-27(18-32-30(35)12-21)26(23-14-24(37-2)16-25(15-23)38-3)17-31(36)34-10-8-33(9-11-34)19-22-4-5-28-29(13-22)40-20-39-28/h4-7,12-16,18,26H,8-11,17,19-20H2,1-3H3. The van der Waals surface area contributed by atoms with E-state index < -0.39 is 0 Å². The fourth-order valence-corrected chi connectivity index (χ4v) is 5.54. The van der Waals surface area contributed by atoms with E-state index in [-0.39, 0.29) is 18.6 Å². The van der Waals surface area contributed by atoms with Gasteiger partial charge in [0.1, 0.15) is 17.1 Å². The van der Waals surface area contributed by atoms with E-state index in [1.807, 2.05) is 53.7 Å². The topological polar surface area (TPSA) is 77.8 Å². The fourth-order valence-electron chi connectivity index (χ4n) is 5.54. The summed E-state index contributed by atoms with van der Waals surface area (Å²) >= 11 is 0. The molecule has 0 N–H and O–H groups in total. The Labute approximate surface area is 233 Å². The molecule has 1 saturated heterocycles. The molecule has 4 heterocycles. The Balaban J connectivity index is 1.20. The number of piperazine rings is 1. The van der Waals surface area contributed by atoms with Crippen LogP contribution in [0.3, 0.4) is 0 Å². The first-order chi connectivity index (χ1) is 19.5. The summed E-state index contributed by atoms with van der Waals surface area (Å²) < 4.78 is 24.1. The van der Waals surface area contributed by atoms with Crippen molar-refractivity contribution in [1.29, 1.82) is 0 Å². The van der Waals surface area contributed by atoms with Crippen LogP contribution in [0.25, 0.3) is 5.65 Å². The normalized spacial score (nSPS) is 15.8. The van der Waals surface area contributed by atoms with Gasteiger partial charge in [0.25, 0.3) is 0 Å². The Hall–Kier alpha value is -4.24. The predicted octanol–water partition coefficient (Wildman–Crippen LogP) is 4.26. The first-order valence-electron chi connectivity index (χ1n) is 13.6. The Morgan fingerprint density at radius 3 is 2.45 bits per heavy atom. The third-order valence-corrected chi connectivity index (χ3v) is 7.78. The molecular weight excluding hydrogens is 508 g/mol. The van der Waals surface area contributed by atoms with Gasteiger partial charge in [-0.05, 0) is 60.0 Å². The molecule has 1 fully saturated rings. The summed E-state index contributed by atoms with van der Waals surface area (Å²) in [5.74, 6) is 2.87. The van der Waals surface area contributed by atoms with Gasteiger partial charge in [0.15, 0.2) is 11.5 Å². The van der Waals surface area contributed by atoms with Crippen LogP contribution in [0.4, 0.5) is 0 Å². The number of fused-ring (bicyclic) bond motifs is 2. The van der Waals surface area contributed by atoms with Crippen LogP contribution in [0.1, 0.15) is 34.7 Å². The lowest BCUT2D eigenvalue weighted by Crippen LogP contribution is -2.48. The maximum atomic E-state index is 13.8. The first kappa shape index (κ1) is 26.0. The van der Waals surface area contributed by atoms with E-state index in [0.717, 1.165) is 53.6 Å². The number of rotatable bonds is 8. The minimum atomic E-state index is -0.221. The van der Waals surface area contributed by atoms with E-state index in [0.29, 0.717) is 31.0 Å². The SMILES string of the molecule is COc1cc(OC)cc(C(CC(=O)N2CCN(Cc3ccc4c(c3)OCO4)CC2)c2cnc3cc(C)ccn23)c1. The Morgan fingerprint density at radius 2 is 1.70 bits per heavy atom. The molecule has 9 heteroatoms. The highest BCUT2D eigenvalue weighted by atomic mass is 16.7. The third kappa shape index (κ3) is 5.29. The zero-order valence-corrected chi connectivity index (χ0v) is 23.1. The molecule has 0 aliphatic carbocycles. The van der Waals surface area contributed by atoms with Crippen LogP contribution in [0.15, 0.2) is 60.9 Å². The van der Waals surface area contributed by atoms with Gasteiger partial charge in [-0.15, -0.1) is 0 Å². The molecule has 1 atom stereocenters. The number of benzene rings is 2. The van der Waals surface area contributed by atoms with Gasteiger partial charge in [-0.2, -0.15) is 0 Å². The first-order valence-corrected chi connectivity index (χ1v) is 13.6. The molecule has 0 saturated carbocycles. The molecule has 208 valence electrons. The summed E-state index contributed by atoms with van der Waals surface area (Å²) in [4.78, 5) is 22.8. The molecule has 2 aromatic carbocycles. The number of aryl methyl sites for hydroxylation is 1. The van der Waals surface area contributed by atoms with Crippen LogP contribution in [-0.4, -0.2) is 72.3 Å². The van der Waals surface area contributed by atoms with Gasteiger partial charge >= 0.3 is 0 Å². The van der Waals surface area contributed by atoms with E-state index in [1.54, 1.807) is 14.2 Å².